The summed E-state index contributed by atoms with van der Waals surface area (Å²) in [6.07, 6.45) is 3.40. The van der Waals surface area contributed by atoms with E-state index in [1.807, 2.05) is 0 Å². The number of rotatable bonds is 4. The normalized spacial score (nSPS) is 29.9. The van der Waals surface area contributed by atoms with Gasteiger partial charge in [-0.1, -0.05) is 18.6 Å². The van der Waals surface area contributed by atoms with Crippen LogP contribution in [-0.4, -0.2) is 38.0 Å². The minimum atomic E-state index is -4.05. The fourth-order valence-electron chi connectivity index (χ4n) is 3.83. The summed E-state index contributed by atoms with van der Waals surface area (Å²) in [6.45, 7) is 2.63. The van der Waals surface area contributed by atoms with Crippen molar-refractivity contribution in [2.75, 3.05) is 6.54 Å². The molecule has 144 valence electrons. The van der Waals surface area contributed by atoms with E-state index in [2.05, 4.69) is 10.6 Å². The number of piperidine rings is 1. The van der Waals surface area contributed by atoms with Crippen LogP contribution < -0.4 is 10.6 Å². The van der Waals surface area contributed by atoms with Crippen LogP contribution in [0.2, 0.25) is 0 Å². The van der Waals surface area contributed by atoms with Gasteiger partial charge in [-0.05, 0) is 69.7 Å². The molecule has 3 rings (SSSR count). The van der Waals surface area contributed by atoms with Crippen molar-refractivity contribution >= 4 is 15.7 Å². The lowest BCUT2D eigenvalue weighted by Gasteiger charge is -2.34. The number of sulfone groups is 1. The van der Waals surface area contributed by atoms with Crippen LogP contribution in [-0.2, 0) is 14.6 Å². The highest BCUT2D eigenvalue weighted by atomic mass is 32.2. The second kappa shape index (κ2) is 7.64. The number of carbonyl (C=O) groups is 1. The SMILES string of the molecule is Cc1cccc(S(=O)(=O)C2(F)CCC(NC(=O)C3CCCCN3)CC2)c1. The molecule has 1 saturated carbocycles. The third-order valence-electron chi connectivity index (χ3n) is 5.49. The van der Waals surface area contributed by atoms with Crippen LogP contribution in [0.25, 0.3) is 0 Å². The summed E-state index contributed by atoms with van der Waals surface area (Å²) in [5, 5.41) is 3.90. The molecule has 2 aliphatic rings. The van der Waals surface area contributed by atoms with Gasteiger partial charge in [-0.15, -0.1) is 0 Å². The number of aryl methyl sites for hydroxylation is 1. The number of hydrogen-bond acceptors (Lipinski definition) is 4. The molecule has 2 N–H and O–H groups in total. The van der Waals surface area contributed by atoms with E-state index in [0.717, 1.165) is 31.4 Å². The molecule has 0 radical (unpaired) electrons. The van der Waals surface area contributed by atoms with Crippen LogP contribution in [0.15, 0.2) is 29.2 Å². The Kier molecular flexibility index (Phi) is 5.67. The molecule has 1 aliphatic heterocycles. The van der Waals surface area contributed by atoms with Crippen LogP contribution in [0.1, 0.15) is 50.5 Å². The molecule has 1 heterocycles. The molecular formula is C19H27FN2O3S. The molecule has 0 aromatic heterocycles. The molecule has 7 heteroatoms. The average molecular weight is 383 g/mol. The number of nitrogens with one attached hydrogen (secondary N) is 2. The van der Waals surface area contributed by atoms with Gasteiger partial charge in [0.1, 0.15) is 0 Å². The molecule has 1 aromatic carbocycles. The largest absolute Gasteiger partial charge is 0.352 e. The summed E-state index contributed by atoms with van der Waals surface area (Å²) in [7, 11) is -4.05. The summed E-state index contributed by atoms with van der Waals surface area (Å²) in [5.74, 6) is -0.0531. The van der Waals surface area contributed by atoms with Crippen LogP contribution in [0, 0.1) is 6.92 Å². The van der Waals surface area contributed by atoms with E-state index in [9.17, 15) is 13.2 Å². The fourth-order valence-corrected chi connectivity index (χ4v) is 5.63. The van der Waals surface area contributed by atoms with Crippen molar-refractivity contribution < 1.29 is 17.6 Å². The number of halogens is 1. The maximum Gasteiger partial charge on any atom is 0.237 e. The van der Waals surface area contributed by atoms with Gasteiger partial charge in [0.15, 0.2) is 0 Å². The van der Waals surface area contributed by atoms with E-state index < -0.39 is 14.8 Å². The maximum atomic E-state index is 15.3. The van der Waals surface area contributed by atoms with Crippen molar-refractivity contribution in [3.63, 3.8) is 0 Å². The third kappa shape index (κ3) is 3.93. The molecule has 1 aliphatic carbocycles. The highest BCUT2D eigenvalue weighted by Gasteiger charge is 2.48. The van der Waals surface area contributed by atoms with Crippen molar-refractivity contribution in [2.45, 2.75) is 73.8 Å². The van der Waals surface area contributed by atoms with Gasteiger partial charge in [-0.3, -0.25) is 4.79 Å². The van der Waals surface area contributed by atoms with Gasteiger partial charge in [-0.25, -0.2) is 12.8 Å². The predicted molar refractivity (Wildman–Crippen MR) is 98.2 cm³/mol. The third-order valence-corrected chi connectivity index (χ3v) is 7.73. The maximum absolute atomic E-state index is 15.3. The highest BCUT2D eigenvalue weighted by Crippen LogP contribution is 2.40. The predicted octanol–water partition coefficient (Wildman–Crippen LogP) is 2.64. The monoisotopic (exact) mass is 382 g/mol. The first-order chi connectivity index (χ1) is 12.3. The van der Waals surface area contributed by atoms with Gasteiger partial charge in [0.05, 0.1) is 10.9 Å². The Hall–Kier alpha value is -1.47. The van der Waals surface area contributed by atoms with E-state index in [-0.39, 0.29) is 35.7 Å². The lowest BCUT2D eigenvalue weighted by atomic mass is 9.93. The summed E-state index contributed by atoms with van der Waals surface area (Å²) in [5.41, 5.74) is 0.788. The first-order valence-electron chi connectivity index (χ1n) is 9.36. The number of amides is 1. The minimum absolute atomic E-state index is 0.0360. The topological polar surface area (TPSA) is 75.3 Å². The highest BCUT2D eigenvalue weighted by molar-refractivity contribution is 7.92. The second-order valence-corrected chi connectivity index (χ2v) is 9.70. The molecule has 1 aromatic rings. The van der Waals surface area contributed by atoms with Gasteiger partial charge in [0.2, 0.25) is 20.7 Å². The van der Waals surface area contributed by atoms with Crippen molar-refractivity contribution in [1.82, 2.24) is 10.6 Å². The van der Waals surface area contributed by atoms with E-state index in [4.69, 9.17) is 0 Å². The molecule has 5 nitrogen and oxygen atoms in total. The van der Waals surface area contributed by atoms with Crippen LogP contribution in [0.4, 0.5) is 4.39 Å². The Balaban J connectivity index is 1.62. The number of hydrogen-bond donors (Lipinski definition) is 2. The van der Waals surface area contributed by atoms with E-state index >= 15 is 4.39 Å². The molecule has 1 amide bonds. The van der Waals surface area contributed by atoms with Crippen molar-refractivity contribution in [2.24, 2.45) is 0 Å². The van der Waals surface area contributed by atoms with Crippen molar-refractivity contribution in [1.29, 1.82) is 0 Å². The Morgan fingerprint density at radius 2 is 1.96 bits per heavy atom. The molecular weight excluding hydrogens is 355 g/mol. The molecule has 0 bridgehead atoms. The Labute approximate surface area is 154 Å². The van der Waals surface area contributed by atoms with Gasteiger partial charge in [-0.2, -0.15) is 0 Å². The van der Waals surface area contributed by atoms with Crippen LogP contribution in [0.5, 0.6) is 0 Å². The second-order valence-electron chi connectivity index (χ2n) is 7.49. The minimum Gasteiger partial charge on any atom is -0.352 e. The molecule has 2 fully saturated rings. The van der Waals surface area contributed by atoms with Gasteiger partial charge < -0.3 is 10.6 Å². The number of benzene rings is 1. The number of alkyl halides is 1. The zero-order chi connectivity index (χ0) is 18.8. The van der Waals surface area contributed by atoms with Crippen molar-refractivity contribution in [3.8, 4) is 0 Å². The van der Waals surface area contributed by atoms with Crippen LogP contribution >= 0.6 is 0 Å². The Bertz CT molecular complexity index is 752. The molecule has 0 spiro atoms. The smallest absolute Gasteiger partial charge is 0.237 e. The van der Waals surface area contributed by atoms with E-state index in [0.29, 0.717) is 12.8 Å². The first kappa shape index (κ1) is 19.3. The summed E-state index contributed by atoms with van der Waals surface area (Å²) in [4.78, 5) is 12.3. The van der Waals surface area contributed by atoms with Crippen LogP contribution in [0.3, 0.4) is 0 Å². The summed E-state index contributed by atoms with van der Waals surface area (Å²) >= 11 is 0. The lowest BCUT2D eigenvalue weighted by Crippen LogP contribution is -2.51. The Morgan fingerprint density at radius 1 is 1.23 bits per heavy atom. The molecule has 1 saturated heterocycles. The van der Waals surface area contributed by atoms with Crippen molar-refractivity contribution in [3.05, 3.63) is 29.8 Å². The summed E-state index contributed by atoms with van der Waals surface area (Å²) < 4.78 is 40.9. The quantitative estimate of drug-likeness (QED) is 0.839. The van der Waals surface area contributed by atoms with E-state index in [1.165, 1.54) is 12.1 Å². The number of carbonyl (C=O) groups excluding carboxylic acids is 1. The van der Waals surface area contributed by atoms with Gasteiger partial charge in [0.25, 0.3) is 0 Å². The molecule has 26 heavy (non-hydrogen) atoms. The fraction of sp³-hybridized carbons (Fsp3) is 0.632. The Morgan fingerprint density at radius 3 is 2.58 bits per heavy atom. The average Bonchev–Trinajstić information content (AvgIpc) is 2.64. The molecule has 1 unspecified atom stereocenters. The standard InChI is InChI=1S/C19H27FN2O3S/c1-14-5-4-6-16(13-14)26(24,25)19(20)10-8-15(9-11-19)22-18(23)17-7-2-3-12-21-17/h4-6,13,15,17,21H,2-3,7-12H2,1H3,(H,22,23). The zero-order valence-corrected chi connectivity index (χ0v) is 15.9. The molecule has 1 atom stereocenters. The first-order valence-corrected chi connectivity index (χ1v) is 10.8. The summed E-state index contributed by atoms with van der Waals surface area (Å²) in [6, 6.07) is 6.04. The van der Waals surface area contributed by atoms with Gasteiger partial charge in [0, 0.05) is 6.04 Å². The lowest BCUT2D eigenvalue weighted by molar-refractivity contribution is -0.124. The van der Waals surface area contributed by atoms with E-state index in [1.54, 1.807) is 19.1 Å². The zero-order valence-electron chi connectivity index (χ0n) is 15.1. The van der Waals surface area contributed by atoms with Gasteiger partial charge >= 0.3 is 0 Å².